The Morgan fingerprint density at radius 1 is 1.27 bits per heavy atom. The van der Waals surface area contributed by atoms with Gasteiger partial charge in [0.15, 0.2) is 0 Å². The number of nitrogens with zero attached hydrogens (tertiary/aromatic N) is 3. The second-order valence-corrected chi connectivity index (χ2v) is 11.5. The third-order valence-electron chi connectivity index (χ3n) is 8.47. The van der Waals surface area contributed by atoms with Gasteiger partial charge in [-0.2, -0.15) is 0 Å². The van der Waals surface area contributed by atoms with Crippen molar-refractivity contribution in [3.05, 3.63) is 109 Å². The minimum atomic E-state index is -1.19. The maximum atomic E-state index is 13.9. The minimum absolute atomic E-state index is 0.144. The average molecular weight is 622 g/mol. The van der Waals surface area contributed by atoms with Crippen LogP contribution in [0.1, 0.15) is 40.5 Å². The van der Waals surface area contributed by atoms with Crippen molar-refractivity contribution >= 4 is 23.1 Å². The van der Waals surface area contributed by atoms with Crippen LogP contribution in [-0.4, -0.2) is 57.6 Å². The highest BCUT2D eigenvalue weighted by Gasteiger charge is 2.42. The molecule has 1 saturated heterocycles. The van der Waals surface area contributed by atoms with Crippen molar-refractivity contribution in [2.75, 3.05) is 20.3 Å². The highest BCUT2D eigenvalue weighted by Crippen LogP contribution is 2.44. The summed E-state index contributed by atoms with van der Waals surface area (Å²) in [6.45, 7) is 3.14. The summed E-state index contributed by atoms with van der Waals surface area (Å²) in [7, 11) is 4.36. The molecule has 232 valence electrons. The highest BCUT2D eigenvalue weighted by molar-refractivity contribution is 6.32. The molecule has 1 aromatic carbocycles. The SMILES string of the molecule is COc1cc(C2(NC(=O)c3cn(C)c(=O)n(C)c3=O)C=CC=C(c3ccccc3Cl)C2C)cnc1CN[C@@H]1CCOC[C@@H]1O. The lowest BCUT2D eigenvalue weighted by Gasteiger charge is -2.41. The largest absolute Gasteiger partial charge is 0.495 e. The molecule has 11 nitrogen and oxygen atoms in total. The van der Waals surface area contributed by atoms with Crippen LogP contribution < -0.4 is 26.6 Å². The van der Waals surface area contributed by atoms with Gasteiger partial charge in [0.05, 0.1) is 31.1 Å². The van der Waals surface area contributed by atoms with Gasteiger partial charge < -0.3 is 29.8 Å². The number of hydrogen-bond donors (Lipinski definition) is 3. The monoisotopic (exact) mass is 621 g/mol. The Kier molecular flexibility index (Phi) is 9.21. The maximum Gasteiger partial charge on any atom is 0.330 e. The van der Waals surface area contributed by atoms with Crippen molar-refractivity contribution in [1.29, 1.82) is 0 Å². The molecule has 3 heterocycles. The van der Waals surface area contributed by atoms with Crippen LogP contribution in [0.2, 0.25) is 5.02 Å². The van der Waals surface area contributed by atoms with Gasteiger partial charge in [0.25, 0.3) is 11.5 Å². The second kappa shape index (κ2) is 12.9. The Morgan fingerprint density at radius 2 is 2.05 bits per heavy atom. The van der Waals surface area contributed by atoms with Crippen LogP contribution in [0.3, 0.4) is 0 Å². The molecule has 1 fully saturated rings. The van der Waals surface area contributed by atoms with E-state index < -0.39 is 28.8 Å². The zero-order valence-electron chi connectivity index (χ0n) is 25.0. The number of aliphatic hydroxyl groups excluding tert-OH is 1. The molecule has 2 aromatic heterocycles. The van der Waals surface area contributed by atoms with Gasteiger partial charge in [-0.3, -0.25) is 19.1 Å². The van der Waals surface area contributed by atoms with Crippen molar-refractivity contribution in [2.45, 2.75) is 37.6 Å². The van der Waals surface area contributed by atoms with Gasteiger partial charge >= 0.3 is 5.69 Å². The number of carbonyl (C=O) groups is 1. The third-order valence-corrected chi connectivity index (χ3v) is 8.80. The van der Waals surface area contributed by atoms with Crippen molar-refractivity contribution in [3.63, 3.8) is 0 Å². The summed E-state index contributed by atoms with van der Waals surface area (Å²) in [5.74, 6) is -0.561. The Labute approximate surface area is 259 Å². The number of methoxy groups -OCH3 is 1. The molecule has 1 aliphatic carbocycles. The van der Waals surface area contributed by atoms with Crippen LogP contribution in [0.15, 0.2) is 70.5 Å². The maximum absolute atomic E-state index is 13.9. The third kappa shape index (κ3) is 5.88. The minimum Gasteiger partial charge on any atom is -0.495 e. The topological polar surface area (TPSA) is 137 Å². The van der Waals surface area contributed by atoms with E-state index in [-0.39, 0.29) is 24.1 Å². The Hall–Kier alpha value is -4.03. The van der Waals surface area contributed by atoms with Crippen LogP contribution >= 0.6 is 11.6 Å². The quantitative estimate of drug-likeness (QED) is 0.349. The van der Waals surface area contributed by atoms with Crippen LogP contribution in [-0.2, 0) is 30.9 Å². The normalized spacial score (nSPS) is 23.2. The number of hydrogen-bond acceptors (Lipinski definition) is 8. The fourth-order valence-corrected chi connectivity index (χ4v) is 6.09. The van der Waals surface area contributed by atoms with Gasteiger partial charge in [0.2, 0.25) is 0 Å². The van der Waals surface area contributed by atoms with E-state index in [0.717, 1.165) is 15.7 Å². The molecular weight excluding hydrogens is 586 g/mol. The summed E-state index contributed by atoms with van der Waals surface area (Å²) in [6.07, 6.45) is 8.61. The van der Waals surface area contributed by atoms with E-state index in [2.05, 4.69) is 10.6 Å². The lowest BCUT2D eigenvalue weighted by Crippen LogP contribution is -2.52. The lowest BCUT2D eigenvalue weighted by molar-refractivity contribution is -0.0281. The molecular formula is C32H36ClN5O6. The molecule has 0 spiro atoms. The van der Waals surface area contributed by atoms with Gasteiger partial charge in [-0.05, 0) is 29.7 Å². The smallest absolute Gasteiger partial charge is 0.330 e. The standard InChI is InChI=1S/C32H36ClN5O6/c1-19-21(22-8-5-6-10-24(22)33)9-7-12-32(19,36-29(40)23-17-37(2)31(42)38(3)30(23)41)20-14-28(43-4)26(34-15-20)16-35-25-11-13-44-18-27(25)39/h5-10,12,14-15,17,19,25,27,35,39H,11,13,16,18H2,1-4H3,(H,36,40)/t19?,25-,27+,32?/m1/s1. The Bertz CT molecular complexity index is 1750. The number of amides is 1. The highest BCUT2D eigenvalue weighted by atomic mass is 35.5. The fourth-order valence-electron chi connectivity index (χ4n) is 5.84. The molecule has 3 aromatic rings. The summed E-state index contributed by atoms with van der Waals surface area (Å²) in [5.41, 5.74) is 0.286. The Morgan fingerprint density at radius 3 is 2.77 bits per heavy atom. The predicted octanol–water partition coefficient (Wildman–Crippen LogP) is 2.30. The zero-order chi connectivity index (χ0) is 31.6. The molecule has 44 heavy (non-hydrogen) atoms. The van der Waals surface area contributed by atoms with Gasteiger partial charge in [0, 0.05) is 62.2 Å². The average Bonchev–Trinajstić information content (AvgIpc) is 3.02. The van der Waals surface area contributed by atoms with E-state index in [4.69, 9.17) is 26.1 Å². The van der Waals surface area contributed by atoms with E-state index in [9.17, 15) is 19.5 Å². The number of aromatic nitrogens is 3. The summed E-state index contributed by atoms with van der Waals surface area (Å²) in [4.78, 5) is 44.0. The number of aliphatic hydroxyl groups is 1. The number of ether oxygens (including phenoxy) is 2. The van der Waals surface area contributed by atoms with E-state index in [1.165, 1.54) is 24.9 Å². The van der Waals surface area contributed by atoms with Gasteiger partial charge in [0.1, 0.15) is 11.3 Å². The summed E-state index contributed by atoms with van der Waals surface area (Å²) < 4.78 is 13.2. The number of nitrogens with one attached hydrogen (secondary N) is 2. The molecule has 2 unspecified atom stereocenters. The molecule has 12 heteroatoms. The first kappa shape index (κ1) is 31.4. The Balaban J connectivity index is 1.57. The van der Waals surface area contributed by atoms with Crippen LogP contribution in [0.4, 0.5) is 0 Å². The second-order valence-electron chi connectivity index (χ2n) is 11.1. The summed E-state index contributed by atoms with van der Waals surface area (Å²) >= 11 is 6.62. The van der Waals surface area contributed by atoms with Crippen LogP contribution in [0, 0.1) is 5.92 Å². The van der Waals surface area contributed by atoms with Crippen molar-refractivity contribution in [3.8, 4) is 5.75 Å². The number of pyridine rings is 1. The predicted molar refractivity (Wildman–Crippen MR) is 167 cm³/mol. The molecule has 1 aliphatic heterocycles. The van der Waals surface area contributed by atoms with Gasteiger partial charge in [-0.25, -0.2) is 4.79 Å². The number of carbonyl (C=O) groups excluding carboxylic acids is 1. The summed E-state index contributed by atoms with van der Waals surface area (Å²) in [5, 5.41) is 17.3. The zero-order valence-corrected chi connectivity index (χ0v) is 25.8. The van der Waals surface area contributed by atoms with Crippen molar-refractivity contribution in [2.24, 2.45) is 20.0 Å². The molecule has 0 bridgehead atoms. The van der Waals surface area contributed by atoms with Gasteiger partial charge in [-0.1, -0.05) is 55.0 Å². The van der Waals surface area contributed by atoms with E-state index in [0.29, 0.717) is 41.6 Å². The number of benzene rings is 1. The fraction of sp³-hybridized carbons (Fsp3) is 0.375. The summed E-state index contributed by atoms with van der Waals surface area (Å²) in [6, 6.07) is 9.13. The first-order valence-electron chi connectivity index (χ1n) is 14.3. The van der Waals surface area contributed by atoms with Crippen molar-refractivity contribution < 1.29 is 19.4 Å². The van der Waals surface area contributed by atoms with Crippen LogP contribution in [0.5, 0.6) is 5.75 Å². The molecule has 2 aliphatic rings. The number of halogens is 1. The number of aryl methyl sites for hydroxylation is 1. The molecule has 5 rings (SSSR count). The number of rotatable bonds is 8. The van der Waals surface area contributed by atoms with E-state index in [1.54, 1.807) is 19.4 Å². The van der Waals surface area contributed by atoms with Gasteiger partial charge in [-0.15, -0.1) is 0 Å². The molecule has 4 atom stereocenters. The van der Waals surface area contributed by atoms with Crippen molar-refractivity contribution in [1.82, 2.24) is 24.8 Å². The van der Waals surface area contributed by atoms with Crippen LogP contribution in [0.25, 0.3) is 5.57 Å². The first-order chi connectivity index (χ1) is 21.1. The van der Waals surface area contributed by atoms with E-state index >= 15 is 0 Å². The molecule has 0 saturated carbocycles. The number of allylic oxidation sites excluding steroid dienone is 2. The molecule has 3 N–H and O–H groups in total. The molecule has 0 radical (unpaired) electrons. The first-order valence-corrected chi connectivity index (χ1v) is 14.7. The molecule has 1 amide bonds. The lowest BCUT2D eigenvalue weighted by atomic mass is 9.71. The van der Waals surface area contributed by atoms with E-state index in [1.807, 2.05) is 49.4 Å².